The average Bonchev–Trinajstić information content (AvgIpc) is 2.38. The predicted octanol–water partition coefficient (Wildman–Crippen LogP) is 1.65. The quantitative estimate of drug-likeness (QED) is 0.862. The first kappa shape index (κ1) is 12.2. The maximum atomic E-state index is 4.28. The van der Waals surface area contributed by atoms with Crippen molar-refractivity contribution in [3.63, 3.8) is 0 Å². The van der Waals surface area contributed by atoms with E-state index >= 15 is 0 Å². The molecule has 0 spiro atoms. The largest absolute Gasteiger partial charge is 0.387 e. The molecule has 4 heteroatoms. The zero-order valence-corrected chi connectivity index (χ0v) is 11.0. The molecule has 4 nitrogen and oxygen atoms in total. The minimum atomic E-state index is 0.618. The van der Waals surface area contributed by atoms with Crippen molar-refractivity contribution in [2.24, 2.45) is 0 Å². The number of hydrogen-bond donors (Lipinski definition) is 1. The minimum absolute atomic E-state index is 0.618. The van der Waals surface area contributed by atoms with Gasteiger partial charge >= 0.3 is 0 Å². The molecule has 0 radical (unpaired) electrons. The lowest BCUT2D eigenvalue weighted by Crippen LogP contribution is -2.51. The second kappa shape index (κ2) is 5.36. The van der Waals surface area contributed by atoms with Gasteiger partial charge in [-0.2, -0.15) is 0 Å². The van der Waals surface area contributed by atoms with E-state index < -0.39 is 0 Å². The molecule has 1 fully saturated rings. The van der Waals surface area contributed by atoms with Crippen LogP contribution in [0.4, 0.5) is 11.4 Å². The zero-order valence-electron chi connectivity index (χ0n) is 11.0. The first-order valence-electron chi connectivity index (χ1n) is 6.36. The van der Waals surface area contributed by atoms with Gasteiger partial charge in [0.05, 0.1) is 23.8 Å². The molecule has 1 saturated heterocycles. The van der Waals surface area contributed by atoms with Crippen LogP contribution >= 0.6 is 0 Å². The highest BCUT2D eigenvalue weighted by molar-refractivity contribution is 5.55. The van der Waals surface area contributed by atoms with Gasteiger partial charge in [0.1, 0.15) is 0 Å². The predicted molar refractivity (Wildman–Crippen MR) is 72.7 cm³/mol. The fraction of sp³-hybridized carbons (Fsp3) is 0.615. The molecule has 1 atom stereocenters. The Labute approximate surface area is 104 Å². The van der Waals surface area contributed by atoms with E-state index in [4.69, 9.17) is 0 Å². The molecule has 0 saturated carbocycles. The maximum absolute atomic E-state index is 4.28. The fourth-order valence-corrected chi connectivity index (χ4v) is 2.44. The number of rotatable bonds is 3. The standard InChI is InChI=1S/C13H22N4/c1-4-16-5-6-17(10-11(16)2)13-7-12(14-3)8-15-9-13/h7-9,11,14H,4-6,10H2,1-3H3. The Kier molecular flexibility index (Phi) is 3.84. The third-order valence-corrected chi connectivity index (χ3v) is 3.55. The van der Waals surface area contributed by atoms with Crippen LogP contribution in [0.25, 0.3) is 0 Å². The number of piperazine rings is 1. The van der Waals surface area contributed by atoms with Gasteiger partial charge in [-0.3, -0.25) is 9.88 Å². The molecule has 2 heterocycles. The highest BCUT2D eigenvalue weighted by Crippen LogP contribution is 2.20. The molecule has 1 aliphatic heterocycles. The summed E-state index contributed by atoms with van der Waals surface area (Å²) in [6.07, 6.45) is 3.81. The van der Waals surface area contributed by atoms with Crippen molar-refractivity contribution in [1.29, 1.82) is 0 Å². The van der Waals surface area contributed by atoms with E-state index in [2.05, 4.69) is 40.0 Å². The topological polar surface area (TPSA) is 31.4 Å². The number of nitrogens with zero attached hydrogens (tertiary/aromatic N) is 3. The molecular weight excluding hydrogens is 212 g/mol. The van der Waals surface area contributed by atoms with E-state index in [0.29, 0.717) is 6.04 Å². The van der Waals surface area contributed by atoms with Crippen LogP contribution in [0.1, 0.15) is 13.8 Å². The van der Waals surface area contributed by atoms with Gasteiger partial charge in [0, 0.05) is 32.7 Å². The molecule has 2 rings (SSSR count). The lowest BCUT2D eigenvalue weighted by atomic mass is 10.2. The molecular formula is C13H22N4. The van der Waals surface area contributed by atoms with Crippen LogP contribution in [0.3, 0.4) is 0 Å². The average molecular weight is 234 g/mol. The summed E-state index contributed by atoms with van der Waals surface area (Å²) in [5.41, 5.74) is 2.30. The summed E-state index contributed by atoms with van der Waals surface area (Å²) in [4.78, 5) is 9.22. The summed E-state index contributed by atoms with van der Waals surface area (Å²) in [6, 6.07) is 2.79. The molecule has 94 valence electrons. The number of hydrogen-bond acceptors (Lipinski definition) is 4. The molecule has 17 heavy (non-hydrogen) atoms. The van der Waals surface area contributed by atoms with Crippen molar-refractivity contribution >= 4 is 11.4 Å². The summed E-state index contributed by atoms with van der Waals surface area (Å²) >= 11 is 0. The fourth-order valence-electron chi connectivity index (χ4n) is 2.44. The zero-order chi connectivity index (χ0) is 12.3. The Bertz CT molecular complexity index is 366. The second-order valence-electron chi connectivity index (χ2n) is 4.61. The Hall–Kier alpha value is -1.29. The van der Waals surface area contributed by atoms with E-state index in [1.807, 2.05) is 19.4 Å². The minimum Gasteiger partial charge on any atom is -0.387 e. The van der Waals surface area contributed by atoms with Crippen molar-refractivity contribution in [2.75, 3.05) is 43.4 Å². The lowest BCUT2D eigenvalue weighted by molar-refractivity contribution is 0.199. The lowest BCUT2D eigenvalue weighted by Gasteiger charge is -2.40. The van der Waals surface area contributed by atoms with Crippen molar-refractivity contribution in [3.05, 3.63) is 18.5 Å². The third kappa shape index (κ3) is 2.69. The Morgan fingerprint density at radius 3 is 2.88 bits per heavy atom. The van der Waals surface area contributed by atoms with Gasteiger partial charge in [-0.05, 0) is 19.5 Å². The summed E-state index contributed by atoms with van der Waals surface area (Å²) in [6.45, 7) is 8.99. The van der Waals surface area contributed by atoms with Gasteiger partial charge in [-0.25, -0.2) is 0 Å². The van der Waals surface area contributed by atoms with Crippen molar-refractivity contribution < 1.29 is 0 Å². The van der Waals surface area contributed by atoms with Gasteiger partial charge < -0.3 is 10.2 Å². The molecule has 1 aromatic heterocycles. The monoisotopic (exact) mass is 234 g/mol. The van der Waals surface area contributed by atoms with Crippen LogP contribution in [0.5, 0.6) is 0 Å². The summed E-state index contributed by atoms with van der Waals surface area (Å²) in [7, 11) is 1.93. The van der Waals surface area contributed by atoms with E-state index in [1.165, 1.54) is 5.69 Å². The smallest absolute Gasteiger partial charge is 0.0574 e. The summed E-state index contributed by atoms with van der Waals surface area (Å²) < 4.78 is 0. The molecule has 1 N–H and O–H groups in total. The van der Waals surface area contributed by atoms with Crippen LogP contribution < -0.4 is 10.2 Å². The van der Waals surface area contributed by atoms with Gasteiger partial charge in [0.25, 0.3) is 0 Å². The highest BCUT2D eigenvalue weighted by Gasteiger charge is 2.22. The maximum Gasteiger partial charge on any atom is 0.0574 e. The molecule has 0 aromatic carbocycles. The van der Waals surface area contributed by atoms with E-state index in [1.54, 1.807) is 0 Å². The number of aromatic nitrogens is 1. The van der Waals surface area contributed by atoms with Crippen molar-refractivity contribution in [3.8, 4) is 0 Å². The normalized spacial score (nSPS) is 21.6. The second-order valence-corrected chi connectivity index (χ2v) is 4.61. The summed E-state index contributed by atoms with van der Waals surface area (Å²) in [5, 5.41) is 3.14. The van der Waals surface area contributed by atoms with E-state index in [9.17, 15) is 0 Å². The first-order chi connectivity index (χ1) is 8.24. The van der Waals surface area contributed by atoms with E-state index in [0.717, 1.165) is 31.9 Å². The number of nitrogens with one attached hydrogen (secondary N) is 1. The first-order valence-corrected chi connectivity index (χ1v) is 6.36. The SMILES string of the molecule is CCN1CCN(c2cncc(NC)c2)CC1C. The number of anilines is 2. The molecule has 1 aliphatic rings. The summed E-state index contributed by atoms with van der Waals surface area (Å²) in [5.74, 6) is 0. The number of pyridine rings is 1. The van der Waals surface area contributed by atoms with Crippen LogP contribution in [0.2, 0.25) is 0 Å². The van der Waals surface area contributed by atoms with Gasteiger partial charge in [0.2, 0.25) is 0 Å². The van der Waals surface area contributed by atoms with Crippen molar-refractivity contribution in [1.82, 2.24) is 9.88 Å². The Balaban J connectivity index is 2.08. The van der Waals surface area contributed by atoms with Crippen LogP contribution in [-0.4, -0.2) is 49.2 Å². The van der Waals surface area contributed by atoms with Gasteiger partial charge in [-0.1, -0.05) is 6.92 Å². The van der Waals surface area contributed by atoms with Crippen molar-refractivity contribution in [2.45, 2.75) is 19.9 Å². The highest BCUT2D eigenvalue weighted by atomic mass is 15.3. The van der Waals surface area contributed by atoms with Crippen LogP contribution in [0.15, 0.2) is 18.5 Å². The molecule has 0 amide bonds. The molecule has 1 aromatic rings. The molecule has 0 bridgehead atoms. The van der Waals surface area contributed by atoms with E-state index in [-0.39, 0.29) is 0 Å². The van der Waals surface area contributed by atoms with Gasteiger partial charge in [-0.15, -0.1) is 0 Å². The van der Waals surface area contributed by atoms with Crippen LogP contribution in [-0.2, 0) is 0 Å². The Morgan fingerprint density at radius 2 is 2.24 bits per heavy atom. The van der Waals surface area contributed by atoms with Gasteiger partial charge in [0.15, 0.2) is 0 Å². The molecule has 0 aliphatic carbocycles. The third-order valence-electron chi connectivity index (χ3n) is 3.55. The number of likely N-dealkylation sites (N-methyl/N-ethyl adjacent to an activating group) is 1. The Morgan fingerprint density at radius 1 is 1.41 bits per heavy atom. The van der Waals surface area contributed by atoms with Crippen LogP contribution in [0, 0.1) is 0 Å². The molecule has 1 unspecified atom stereocenters.